The number of aliphatic hydroxyl groups excluding tert-OH is 1. The van der Waals surface area contributed by atoms with E-state index in [0.717, 1.165) is 10.9 Å². The number of benzene rings is 1. The fourth-order valence-corrected chi connectivity index (χ4v) is 4.68. The molecule has 4 atom stereocenters. The minimum Gasteiger partial charge on any atom is -0.404 e. The van der Waals surface area contributed by atoms with E-state index in [2.05, 4.69) is 15.0 Å². The zero-order chi connectivity index (χ0) is 22.7. The number of phosphoric acid groups is 1. The molecule has 15 heteroatoms. The van der Waals surface area contributed by atoms with E-state index >= 15 is 0 Å². The van der Waals surface area contributed by atoms with Gasteiger partial charge >= 0.3 is 13.7 Å². The number of para-hydroxylation sites is 1. The van der Waals surface area contributed by atoms with E-state index in [1.54, 1.807) is 24.3 Å². The van der Waals surface area contributed by atoms with Crippen LogP contribution >= 0.6 is 7.82 Å². The maximum atomic E-state index is 14.8. The van der Waals surface area contributed by atoms with Crippen LogP contribution in [0.1, 0.15) is 11.8 Å². The van der Waals surface area contributed by atoms with E-state index in [4.69, 9.17) is 24.0 Å². The summed E-state index contributed by atoms with van der Waals surface area (Å²) >= 11 is 0. The Morgan fingerprint density at radius 1 is 1.41 bits per heavy atom. The molecular formula is C17H16F2N5O7P. The van der Waals surface area contributed by atoms with E-state index in [-0.39, 0.29) is 29.5 Å². The summed E-state index contributed by atoms with van der Waals surface area (Å²) < 4.78 is 64.0. The van der Waals surface area contributed by atoms with Crippen molar-refractivity contribution in [3.63, 3.8) is 0 Å². The van der Waals surface area contributed by atoms with Gasteiger partial charge in [0.2, 0.25) is 12.2 Å². The molecule has 2 aromatic heterocycles. The second-order valence-corrected chi connectivity index (χ2v) is 8.73. The van der Waals surface area contributed by atoms with E-state index in [9.17, 15) is 23.2 Å². The van der Waals surface area contributed by atoms with Crippen LogP contribution in [-0.2, 0) is 25.0 Å². The Morgan fingerprint density at radius 2 is 2.19 bits per heavy atom. The van der Waals surface area contributed by atoms with Gasteiger partial charge in [0.15, 0.2) is 17.3 Å². The topological polar surface area (TPSA) is 164 Å². The van der Waals surface area contributed by atoms with Crippen molar-refractivity contribution in [2.24, 2.45) is 0 Å². The second-order valence-electron chi connectivity index (χ2n) is 7.14. The predicted octanol–water partition coefficient (Wildman–Crippen LogP) is 1.33. The number of aromatic amines is 1. The molecule has 3 aromatic rings. The van der Waals surface area contributed by atoms with Gasteiger partial charge in [-0.1, -0.05) is 18.2 Å². The van der Waals surface area contributed by atoms with Crippen molar-refractivity contribution in [2.75, 3.05) is 12.3 Å². The summed E-state index contributed by atoms with van der Waals surface area (Å²) in [7, 11) is -4.13. The molecule has 4 unspecified atom stereocenters. The molecule has 0 spiro atoms. The zero-order valence-electron chi connectivity index (χ0n) is 16.1. The van der Waals surface area contributed by atoms with Gasteiger partial charge in [0, 0.05) is 5.56 Å². The van der Waals surface area contributed by atoms with E-state index in [1.807, 2.05) is 0 Å². The number of aromatic nitrogens is 4. The highest BCUT2D eigenvalue weighted by Gasteiger charge is 2.60. The van der Waals surface area contributed by atoms with Gasteiger partial charge in [-0.25, -0.2) is 9.55 Å². The number of nitrogens with two attached hydrogens (primary N) is 1. The number of ether oxygens (including phenoxy) is 1. The Balaban J connectivity index is 1.37. The lowest BCUT2D eigenvalue weighted by Crippen LogP contribution is -2.39. The molecule has 4 N–H and O–H groups in total. The normalized spacial score (nSPS) is 29.0. The van der Waals surface area contributed by atoms with Gasteiger partial charge in [0.25, 0.3) is 5.56 Å². The first-order valence-electron chi connectivity index (χ1n) is 9.28. The van der Waals surface area contributed by atoms with Gasteiger partial charge in [0.05, 0.1) is 19.5 Å². The first-order chi connectivity index (χ1) is 15.2. The lowest BCUT2D eigenvalue weighted by atomic mass is 10.1. The van der Waals surface area contributed by atoms with Crippen LogP contribution in [0.15, 0.2) is 35.4 Å². The number of anilines is 1. The Morgan fingerprint density at radius 3 is 3.00 bits per heavy atom. The molecule has 1 aromatic carbocycles. The minimum atomic E-state index is -4.13. The van der Waals surface area contributed by atoms with Crippen LogP contribution in [0.25, 0.3) is 11.2 Å². The fourth-order valence-electron chi connectivity index (χ4n) is 3.46. The molecule has 170 valence electrons. The molecule has 5 rings (SSSR count). The number of rotatable bonds is 4. The van der Waals surface area contributed by atoms with E-state index < -0.39 is 44.3 Å². The number of phosphoric ester groups is 1. The molecule has 1 fully saturated rings. The zero-order valence-corrected chi connectivity index (χ0v) is 16.9. The number of aliphatic hydroxyl groups is 1. The minimum absolute atomic E-state index is 0.0665. The highest BCUT2D eigenvalue weighted by molar-refractivity contribution is 7.49. The molecule has 32 heavy (non-hydrogen) atoms. The lowest BCUT2D eigenvalue weighted by molar-refractivity contribution is -0.138. The van der Waals surface area contributed by atoms with Crippen molar-refractivity contribution in [2.45, 2.75) is 31.0 Å². The second kappa shape index (κ2) is 7.32. The number of halogens is 2. The maximum absolute atomic E-state index is 14.8. The van der Waals surface area contributed by atoms with Crippen molar-refractivity contribution in [1.29, 1.82) is 0 Å². The summed E-state index contributed by atoms with van der Waals surface area (Å²) in [6.45, 7) is -0.793. The van der Waals surface area contributed by atoms with Gasteiger partial charge in [-0.15, -0.1) is 0 Å². The van der Waals surface area contributed by atoms with Crippen LogP contribution in [0.3, 0.4) is 0 Å². The smallest absolute Gasteiger partial charge is 0.404 e. The third-order valence-electron chi connectivity index (χ3n) is 5.04. The van der Waals surface area contributed by atoms with Gasteiger partial charge in [-0.3, -0.25) is 23.4 Å². The Labute approximate surface area is 177 Å². The molecule has 1 saturated heterocycles. The van der Waals surface area contributed by atoms with Gasteiger partial charge in [-0.2, -0.15) is 13.8 Å². The van der Waals surface area contributed by atoms with Crippen LogP contribution in [-0.4, -0.2) is 49.4 Å². The highest BCUT2D eigenvalue weighted by atomic mass is 31.2. The number of imidazole rings is 1. The number of alkyl halides is 2. The number of hydrogen-bond acceptors (Lipinski definition) is 10. The molecule has 12 nitrogen and oxygen atoms in total. The molecule has 2 aliphatic heterocycles. The summed E-state index contributed by atoms with van der Waals surface area (Å²) in [6.07, 6.45) is -5.11. The number of nitrogens with one attached hydrogen (secondary N) is 1. The van der Waals surface area contributed by atoms with Gasteiger partial charge in [0.1, 0.15) is 11.9 Å². The van der Waals surface area contributed by atoms with Crippen LogP contribution < -0.4 is 15.8 Å². The summed E-state index contributed by atoms with van der Waals surface area (Å²) in [5, 5.41) is 10.2. The number of nitrogens with zero attached hydrogens (tertiary/aromatic N) is 3. The molecule has 2 aliphatic rings. The Hall–Kier alpha value is -2.90. The molecule has 0 amide bonds. The predicted molar refractivity (Wildman–Crippen MR) is 103 cm³/mol. The average Bonchev–Trinajstić information content (AvgIpc) is 3.25. The number of nitrogen functional groups attached to an aromatic ring is 1. The van der Waals surface area contributed by atoms with Gasteiger partial charge in [-0.05, 0) is 6.07 Å². The van der Waals surface area contributed by atoms with Crippen molar-refractivity contribution in [3.05, 3.63) is 46.5 Å². The third-order valence-corrected chi connectivity index (χ3v) is 6.37. The molecule has 0 bridgehead atoms. The Bertz CT molecular complexity index is 1300. The summed E-state index contributed by atoms with van der Waals surface area (Å²) in [4.78, 5) is 21.7. The van der Waals surface area contributed by atoms with Crippen molar-refractivity contribution in [1.82, 2.24) is 19.5 Å². The largest absolute Gasteiger partial charge is 0.530 e. The number of fused-ring (bicyclic) bond motifs is 2. The fraction of sp³-hybridized carbons (Fsp3) is 0.353. The lowest BCUT2D eigenvalue weighted by Gasteiger charge is -2.25. The summed E-state index contributed by atoms with van der Waals surface area (Å²) in [5.41, 5.74) is 4.91. The number of H-pyrrole nitrogens is 1. The van der Waals surface area contributed by atoms with Gasteiger partial charge < -0.3 is 20.1 Å². The Kier molecular flexibility index (Phi) is 4.80. The SMILES string of the molecule is Nc1nc2c(ncn2C2OC(COP3(=O)OCc4ccccc4O3)C(O)C2(F)F)c(=O)[nH]1. The summed E-state index contributed by atoms with van der Waals surface area (Å²) in [6, 6.07) is 6.66. The van der Waals surface area contributed by atoms with Crippen molar-refractivity contribution in [3.8, 4) is 5.75 Å². The van der Waals surface area contributed by atoms with E-state index in [1.165, 1.54) is 0 Å². The quantitative estimate of drug-likeness (QED) is 0.473. The van der Waals surface area contributed by atoms with E-state index in [0.29, 0.717) is 5.56 Å². The first-order valence-corrected chi connectivity index (χ1v) is 10.7. The summed E-state index contributed by atoms with van der Waals surface area (Å²) in [5.74, 6) is -3.87. The number of hydrogen-bond donors (Lipinski definition) is 3. The molecular weight excluding hydrogens is 455 g/mol. The first kappa shape index (κ1) is 21.0. The van der Waals surface area contributed by atoms with Crippen LogP contribution in [0.2, 0.25) is 0 Å². The average molecular weight is 471 g/mol. The van der Waals surface area contributed by atoms with Crippen molar-refractivity contribution < 1.29 is 36.8 Å². The molecule has 0 aliphatic carbocycles. The molecule has 0 saturated carbocycles. The van der Waals surface area contributed by atoms with Crippen LogP contribution in [0.4, 0.5) is 14.7 Å². The van der Waals surface area contributed by atoms with Crippen molar-refractivity contribution >= 4 is 24.9 Å². The standard InChI is InChI=1S/C17H16F2N5O7P/c18-17(19)12(25)10(6-29-32(27)28-5-8-3-1-2-4-9(8)31-32)30-15(17)24-7-21-11-13(24)22-16(20)23-14(11)26/h1-4,7,10,12,15,25H,5-6H2,(H3,20,22,23,26). The van der Waals surface area contributed by atoms with Crippen LogP contribution in [0.5, 0.6) is 5.75 Å². The highest BCUT2D eigenvalue weighted by Crippen LogP contribution is 2.55. The maximum Gasteiger partial charge on any atom is 0.530 e. The third kappa shape index (κ3) is 3.36. The molecule has 0 radical (unpaired) electrons. The van der Waals surface area contributed by atoms with Crippen LogP contribution in [0, 0.1) is 0 Å². The monoisotopic (exact) mass is 471 g/mol. The molecule has 4 heterocycles.